The minimum absolute atomic E-state index is 0.0151. The highest BCUT2D eigenvalue weighted by Crippen LogP contribution is 2.21. The molecule has 0 aliphatic carbocycles. The second-order valence-electron chi connectivity index (χ2n) is 34.7. The van der Waals surface area contributed by atoms with Crippen LogP contribution in [0.15, 0.2) is 146 Å². The van der Waals surface area contributed by atoms with Crippen molar-refractivity contribution in [1.82, 2.24) is 99.9 Å². The standard InChI is InChI=1S/C94H130ClN25O20S/c1-7-52(2)76-89(138)109-65(24-17-39-104-93(100)101)79(128)107-63(22-14-15-37-96)81(130)114-72(48-121)88(137)119-94(4,5)91(140)116-70(41-55-20-12-9-13-21-55)86(135)108-64(23-16-38-103-92(98)99)80(129)110-67(43-57-27-33-61(123)34-28-57)83(132)111-68(42-56-25-31-59(95)32-26-56)84(133)112-69(44-58-29-35-62(124)36-30-58)85(134)115-73(78(127)105-47-74(97)125)49-141-50-75(126)106-66(40-54-18-10-8-11-19-54)82(131)113-71(45-60-46-102-51-120(60)6)87(136)118-77(53(3)122)90(139)117-76/h8-13,18-21,25-36,46,51-53,63-73,76-77,121-124H,7,14-17,22-24,37-45,47-50,96H2,1-6H3,(H2,97,125)(H,105,127)(H,106,126)(H,107,128)(H,108,135)(H,109,138)(H,110,129)(H,111,132)(H,112,133)(H,113,131)(H,114,130)(H,115,134)(H,116,140)(H,117,139)(H,118,136)(H,119,137)(H4,98,99,103)(H4,100,101,104)/t52-,53+,63?,64?,65?,66?,67?,68?,69?,70?,71?,72?,73?,76?,77?/m0/s1. The summed E-state index contributed by atoms with van der Waals surface area (Å²) < 4.78 is 1.53. The molecule has 13 unspecified atom stereocenters. The summed E-state index contributed by atoms with van der Waals surface area (Å²) in [6.45, 7) is 5.00. The van der Waals surface area contributed by atoms with E-state index in [0.29, 0.717) is 39.9 Å². The molecule has 15 atom stereocenters. The fourth-order valence-corrected chi connectivity index (χ4v) is 15.7. The Morgan fingerprint density at radius 1 is 0.482 bits per heavy atom. The first kappa shape index (κ1) is 113. The van der Waals surface area contributed by atoms with Crippen molar-refractivity contribution in [2.24, 2.45) is 35.9 Å². The summed E-state index contributed by atoms with van der Waals surface area (Å²) in [6, 6.07) is 11.5. The zero-order valence-electron chi connectivity index (χ0n) is 79.2. The SMILES string of the molecule is CC[C@H](C)C1NC(=O)C([C@@H](C)O)NC(=O)C(Cc2cncn2C)NC(=O)C(Cc2ccccc2)NC(=O)CSCC(C(=O)NCC(N)=O)NC(=O)C(Cc2ccc(O)cc2)NC(=O)C(Cc2ccc(Cl)cc2)NC(=O)C(Cc2ccc(O)cc2)NC(=O)C(CCCNC(=N)N)NC(=O)C(Cc2ccccc2)NC(=O)C(C)(C)NC(=O)C(CO)NC(=O)C(CCCCN)NC(=O)C(CCCNC(=N)N)NC1=O. The molecule has 0 radical (unpaired) electrons. The Hall–Kier alpha value is -14.5. The van der Waals surface area contributed by atoms with E-state index in [-0.39, 0.29) is 107 Å². The van der Waals surface area contributed by atoms with Gasteiger partial charge < -0.3 is 138 Å². The number of phenols is 2. The highest BCUT2D eigenvalue weighted by molar-refractivity contribution is 8.00. The Labute approximate surface area is 824 Å². The molecule has 1 aliphatic heterocycles. The molecule has 2 heterocycles. The number of guanidine groups is 2. The maximum atomic E-state index is 15.5. The van der Waals surface area contributed by atoms with Gasteiger partial charge in [-0.05, 0) is 142 Å². The first-order valence-corrected chi connectivity index (χ1v) is 47.5. The van der Waals surface area contributed by atoms with Crippen molar-refractivity contribution in [3.63, 3.8) is 0 Å². The van der Waals surface area contributed by atoms with Gasteiger partial charge in [-0.2, -0.15) is 0 Å². The Bertz CT molecular complexity index is 5260. The van der Waals surface area contributed by atoms with Crippen molar-refractivity contribution in [2.45, 2.75) is 215 Å². The fraction of sp³-hybridized carbons (Fsp3) is 0.457. The molecule has 0 bridgehead atoms. The summed E-state index contributed by atoms with van der Waals surface area (Å²) in [6.07, 6.45) is -1.09. The van der Waals surface area contributed by atoms with E-state index >= 15 is 33.6 Å². The van der Waals surface area contributed by atoms with Gasteiger partial charge >= 0.3 is 0 Å². The largest absolute Gasteiger partial charge is 0.508 e. The number of phenolic OH excluding ortho intramolecular Hbond substituents is 2. The van der Waals surface area contributed by atoms with Crippen molar-refractivity contribution >= 4 is 130 Å². The average Bonchev–Trinajstić information content (AvgIpc) is 1.82. The number of hydrogen-bond acceptors (Lipinski definition) is 25. The summed E-state index contributed by atoms with van der Waals surface area (Å²) in [7, 11) is 1.59. The van der Waals surface area contributed by atoms with Gasteiger partial charge in [0.25, 0.3) is 0 Å². The van der Waals surface area contributed by atoms with Crippen molar-refractivity contribution < 1.29 is 97.1 Å². The van der Waals surface area contributed by atoms with Crippen LogP contribution in [0.25, 0.3) is 0 Å². The second kappa shape index (κ2) is 57.1. The number of hydrogen-bond donors (Lipinski definition) is 27. The normalized spacial score (nSPS) is 22.6. The number of carbonyl (C=O) groups excluding carboxylic acids is 16. The first-order chi connectivity index (χ1) is 67.0. The number of imidazole rings is 1. The van der Waals surface area contributed by atoms with Crippen LogP contribution < -0.4 is 113 Å². The molecule has 45 nitrogen and oxygen atoms in total. The maximum absolute atomic E-state index is 15.5. The smallest absolute Gasteiger partial charge is 0.245 e. The lowest BCUT2D eigenvalue weighted by molar-refractivity contribution is -0.138. The Morgan fingerprint density at radius 3 is 1.28 bits per heavy atom. The predicted octanol–water partition coefficient (Wildman–Crippen LogP) is -4.14. The second-order valence-corrected chi connectivity index (χ2v) is 36.2. The molecule has 16 amide bonds. The maximum Gasteiger partial charge on any atom is 0.245 e. The van der Waals surface area contributed by atoms with Gasteiger partial charge in [-0.1, -0.05) is 129 Å². The number of aliphatic hydroxyl groups is 2. The molecule has 1 saturated heterocycles. The molecule has 5 aromatic carbocycles. The minimum Gasteiger partial charge on any atom is -0.508 e. The van der Waals surface area contributed by atoms with Gasteiger partial charge in [0.1, 0.15) is 95.6 Å². The first-order valence-electron chi connectivity index (χ1n) is 45.9. The number of rotatable bonds is 31. The van der Waals surface area contributed by atoms with Crippen LogP contribution in [0.5, 0.6) is 11.5 Å². The summed E-state index contributed by atoms with van der Waals surface area (Å²) in [5.74, 6) is -19.8. The number of thioether (sulfide) groups is 1. The van der Waals surface area contributed by atoms with Gasteiger partial charge in [0.05, 0.1) is 31.3 Å². The molecule has 0 spiro atoms. The number of unbranched alkanes of at least 4 members (excludes halogenated alkanes) is 1. The van der Waals surface area contributed by atoms with Gasteiger partial charge in [-0.25, -0.2) is 4.98 Å². The zero-order chi connectivity index (χ0) is 104. The van der Waals surface area contributed by atoms with E-state index < -0.39 is 240 Å². The number of halogens is 1. The number of aliphatic hydroxyl groups excluding tert-OH is 2. The Balaban J connectivity index is 1.35. The van der Waals surface area contributed by atoms with E-state index in [1.165, 1.54) is 104 Å². The van der Waals surface area contributed by atoms with E-state index in [2.05, 4.69) is 95.4 Å². The summed E-state index contributed by atoms with van der Waals surface area (Å²) in [5, 5.41) is 103. The molecule has 31 N–H and O–H groups in total. The van der Waals surface area contributed by atoms with Gasteiger partial charge in [0.15, 0.2) is 11.9 Å². The molecule has 0 saturated carbocycles. The number of nitrogens with one attached hydrogen (secondary N) is 19. The predicted molar refractivity (Wildman–Crippen MR) is 522 cm³/mol. The third kappa shape index (κ3) is 38.7. The van der Waals surface area contributed by atoms with Crippen LogP contribution in [0, 0.1) is 16.7 Å². The summed E-state index contributed by atoms with van der Waals surface area (Å²) in [4.78, 5) is 241. The minimum atomic E-state index is -2.07. The summed E-state index contributed by atoms with van der Waals surface area (Å²) >= 11 is 7.10. The van der Waals surface area contributed by atoms with Gasteiger partial charge in [0.2, 0.25) is 94.5 Å². The van der Waals surface area contributed by atoms with Crippen molar-refractivity contribution in [1.29, 1.82) is 10.8 Å². The van der Waals surface area contributed by atoms with Crippen LogP contribution in [0.4, 0.5) is 0 Å². The Kier molecular flexibility index (Phi) is 46.0. The lowest BCUT2D eigenvalue weighted by atomic mass is 9.96. The number of aryl methyl sites for hydroxylation is 1. The van der Waals surface area contributed by atoms with Crippen LogP contribution in [0.2, 0.25) is 5.02 Å². The van der Waals surface area contributed by atoms with Gasteiger partial charge in [-0.3, -0.25) is 87.5 Å². The number of nitrogens with two attached hydrogens (primary N) is 4. The number of carbonyl (C=O) groups is 16. The number of nitrogens with zero attached hydrogens (tertiary/aromatic N) is 2. The summed E-state index contributed by atoms with van der Waals surface area (Å²) in [5.41, 5.74) is 22.8. The van der Waals surface area contributed by atoms with Gasteiger partial charge in [0, 0.05) is 81.3 Å². The van der Waals surface area contributed by atoms with Crippen LogP contribution >= 0.6 is 23.4 Å². The van der Waals surface area contributed by atoms with Crippen LogP contribution in [-0.2, 0) is 122 Å². The van der Waals surface area contributed by atoms with E-state index in [0.717, 1.165) is 18.7 Å². The van der Waals surface area contributed by atoms with Crippen molar-refractivity contribution in [2.75, 3.05) is 44.3 Å². The molecule has 1 fully saturated rings. The molecule has 141 heavy (non-hydrogen) atoms. The third-order valence-corrected chi connectivity index (χ3v) is 24.2. The number of aromatic hydroxyl groups is 2. The van der Waals surface area contributed by atoms with Crippen molar-refractivity contribution in [3.05, 3.63) is 185 Å². The number of amides is 16. The molecule has 47 heteroatoms. The van der Waals surface area contributed by atoms with E-state index in [1.54, 1.807) is 81.6 Å². The molecular formula is C94H130ClN25O20S. The lowest BCUT2D eigenvalue weighted by Crippen LogP contribution is -2.64. The average molecular weight is 2000 g/mol. The van der Waals surface area contributed by atoms with Crippen molar-refractivity contribution in [3.8, 4) is 11.5 Å². The molecular weight excluding hydrogens is 1870 g/mol. The number of aromatic nitrogens is 2. The fourth-order valence-electron chi connectivity index (χ4n) is 14.7. The molecule has 7 rings (SSSR count). The van der Waals surface area contributed by atoms with E-state index in [4.69, 9.17) is 45.4 Å². The molecule has 1 aromatic heterocycles. The number of benzene rings is 5. The zero-order valence-corrected chi connectivity index (χ0v) is 80.7. The molecule has 764 valence electrons. The Morgan fingerprint density at radius 2 is 0.858 bits per heavy atom. The number of primary amides is 1. The van der Waals surface area contributed by atoms with Crippen LogP contribution in [0.3, 0.4) is 0 Å². The highest BCUT2D eigenvalue weighted by Gasteiger charge is 2.42. The molecule has 1 aliphatic rings. The van der Waals surface area contributed by atoms with Crippen LogP contribution in [-0.4, -0.2) is 271 Å². The van der Waals surface area contributed by atoms with E-state index in [9.17, 15) is 63.6 Å². The quantitative estimate of drug-likeness (QED) is 0.0112. The van der Waals surface area contributed by atoms with Gasteiger partial charge in [-0.15, -0.1) is 11.8 Å². The third-order valence-electron chi connectivity index (χ3n) is 22.9. The topological polar surface area (TPSA) is 728 Å². The monoisotopic (exact) mass is 2000 g/mol. The lowest BCUT2D eigenvalue weighted by Gasteiger charge is -2.31. The highest BCUT2D eigenvalue weighted by atomic mass is 35.5. The molecule has 6 aromatic rings. The van der Waals surface area contributed by atoms with E-state index in [1.807, 2.05) is 0 Å². The van der Waals surface area contributed by atoms with Crippen LogP contribution in [0.1, 0.15) is 119 Å².